The van der Waals surface area contributed by atoms with Crippen molar-refractivity contribution >= 4 is 17.5 Å². The average molecular weight is 374 g/mol. The highest BCUT2D eigenvalue weighted by atomic mass is 35.5. The predicted octanol–water partition coefficient (Wildman–Crippen LogP) is 3.71. The topological polar surface area (TPSA) is 56.1 Å². The molecule has 1 amide bonds. The summed E-state index contributed by atoms with van der Waals surface area (Å²) in [5.74, 6) is -0.671. The molecule has 1 heterocycles. The summed E-state index contributed by atoms with van der Waals surface area (Å²) in [5.41, 5.74) is 2.15. The van der Waals surface area contributed by atoms with Crippen molar-refractivity contribution in [2.24, 2.45) is 0 Å². The SMILES string of the molecule is COCCNC(=O)c1cc(-c2ccccc2Cl)nn1-c1ccc(F)cc1. The molecule has 0 aliphatic heterocycles. The van der Waals surface area contributed by atoms with Gasteiger partial charge in [-0.2, -0.15) is 5.10 Å². The monoisotopic (exact) mass is 373 g/mol. The molecule has 134 valence electrons. The number of carbonyl (C=O) groups is 1. The molecule has 0 spiro atoms. The van der Waals surface area contributed by atoms with Gasteiger partial charge in [-0.3, -0.25) is 4.79 Å². The number of nitrogens with zero attached hydrogens (tertiary/aromatic N) is 2. The maximum Gasteiger partial charge on any atom is 0.270 e. The molecule has 2 aromatic carbocycles. The lowest BCUT2D eigenvalue weighted by Gasteiger charge is -2.08. The zero-order chi connectivity index (χ0) is 18.5. The number of hydrogen-bond donors (Lipinski definition) is 1. The van der Waals surface area contributed by atoms with E-state index < -0.39 is 0 Å². The van der Waals surface area contributed by atoms with Gasteiger partial charge in [-0.1, -0.05) is 29.8 Å². The number of methoxy groups -OCH3 is 1. The quantitative estimate of drug-likeness (QED) is 0.670. The van der Waals surface area contributed by atoms with Gasteiger partial charge in [0.1, 0.15) is 11.5 Å². The first-order chi connectivity index (χ1) is 12.6. The van der Waals surface area contributed by atoms with E-state index in [2.05, 4.69) is 10.4 Å². The summed E-state index contributed by atoms with van der Waals surface area (Å²) in [5, 5.41) is 7.81. The van der Waals surface area contributed by atoms with Crippen LogP contribution < -0.4 is 5.32 Å². The van der Waals surface area contributed by atoms with E-state index in [1.165, 1.54) is 16.8 Å². The van der Waals surface area contributed by atoms with Crippen LogP contribution in [0.3, 0.4) is 0 Å². The molecule has 0 saturated heterocycles. The van der Waals surface area contributed by atoms with Crippen molar-refractivity contribution in [1.29, 1.82) is 0 Å². The number of hydrogen-bond acceptors (Lipinski definition) is 3. The Hall–Kier alpha value is -2.70. The molecule has 1 aromatic heterocycles. The second-order valence-electron chi connectivity index (χ2n) is 5.53. The maximum absolute atomic E-state index is 13.2. The molecule has 0 aliphatic rings. The first kappa shape index (κ1) is 18.1. The lowest BCUT2D eigenvalue weighted by molar-refractivity contribution is 0.0929. The minimum absolute atomic E-state index is 0.308. The van der Waals surface area contributed by atoms with Crippen LogP contribution in [0.4, 0.5) is 4.39 Å². The van der Waals surface area contributed by atoms with Crippen LogP contribution in [0.2, 0.25) is 5.02 Å². The van der Waals surface area contributed by atoms with Gasteiger partial charge in [0.25, 0.3) is 5.91 Å². The molecule has 0 unspecified atom stereocenters. The van der Waals surface area contributed by atoms with Crippen LogP contribution >= 0.6 is 11.6 Å². The normalized spacial score (nSPS) is 10.7. The van der Waals surface area contributed by atoms with E-state index in [4.69, 9.17) is 16.3 Å². The maximum atomic E-state index is 13.2. The Morgan fingerprint density at radius 3 is 2.65 bits per heavy atom. The van der Waals surface area contributed by atoms with Crippen LogP contribution in [-0.4, -0.2) is 35.9 Å². The number of benzene rings is 2. The summed E-state index contributed by atoms with van der Waals surface area (Å²) in [7, 11) is 1.56. The number of nitrogens with one attached hydrogen (secondary N) is 1. The van der Waals surface area contributed by atoms with Gasteiger partial charge >= 0.3 is 0 Å². The summed E-state index contributed by atoms with van der Waals surface area (Å²) >= 11 is 6.25. The molecule has 3 rings (SSSR count). The van der Waals surface area contributed by atoms with Gasteiger partial charge in [-0.15, -0.1) is 0 Å². The van der Waals surface area contributed by atoms with Crippen LogP contribution in [0, 0.1) is 5.82 Å². The van der Waals surface area contributed by atoms with Gasteiger partial charge in [-0.05, 0) is 36.4 Å². The predicted molar refractivity (Wildman–Crippen MR) is 98.2 cm³/mol. The molecule has 26 heavy (non-hydrogen) atoms. The second kappa shape index (κ2) is 8.12. The van der Waals surface area contributed by atoms with E-state index in [9.17, 15) is 9.18 Å². The molecule has 5 nitrogen and oxygen atoms in total. The molecular weight excluding hydrogens is 357 g/mol. The van der Waals surface area contributed by atoms with E-state index in [1.807, 2.05) is 18.2 Å². The van der Waals surface area contributed by atoms with E-state index in [0.29, 0.717) is 40.8 Å². The minimum Gasteiger partial charge on any atom is -0.383 e. The third-order valence-electron chi connectivity index (χ3n) is 3.75. The van der Waals surface area contributed by atoms with Crippen molar-refractivity contribution in [3.63, 3.8) is 0 Å². The van der Waals surface area contributed by atoms with Gasteiger partial charge in [0.05, 0.1) is 23.0 Å². The third kappa shape index (κ3) is 3.92. The van der Waals surface area contributed by atoms with Crippen molar-refractivity contribution in [2.75, 3.05) is 20.3 Å². The fourth-order valence-corrected chi connectivity index (χ4v) is 2.71. The standard InChI is InChI=1S/C19H17ClFN3O2/c1-26-11-10-22-19(25)18-12-17(15-4-2-3-5-16(15)20)23-24(18)14-8-6-13(21)7-9-14/h2-9,12H,10-11H2,1H3,(H,22,25). The van der Waals surface area contributed by atoms with Crippen molar-refractivity contribution < 1.29 is 13.9 Å². The van der Waals surface area contributed by atoms with Crippen LogP contribution in [0.25, 0.3) is 16.9 Å². The van der Waals surface area contributed by atoms with Crippen molar-refractivity contribution in [3.8, 4) is 16.9 Å². The first-order valence-electron chi connectivity index (χ1n) is 7.98. The Morgan fingerprint density at radius 1 is 1.23 bits per heavy atom. The minimum atomic E-state index is -0.363. The van der Waals surface area contributed by atoms with Gasteiger partial charge < -0.3 is 10.1 Å². The number of carbonyl (C=O) groups excluding carboxylic acids is 1. The lowest BCUT2D eigenvalue weighted by atomic mass is 10.1. The molecular formula is C19H17ClFN3O2. The Bertz CT molecular complexity index is 909. The van der Waals surface area contributed by atoms with Crippen LogP contribution in [0.15, 0.2) is 54.6 Å². The molecule has 0 bridgehead atoms. The van der Waals surface area contributed by atoms with Crippen LogP contribution in [0.5, 0.6) is 0 Å². The highest BCUT2D eigenvalue weighted by molar-refractivity contribution is 6.33. The zero-order valence-electron chi connectivity index (χ0n) is 14.1. The Kier molecular flexibility index (Phi) is 5.65. The Balaban J connectivity index is 2.04. The number of amides is 1. The lowest BCUT2D eigenvalue weighted by Crippen LogP contribution is -2.28. The van der Waals surface area contributed by atoms with E-state index in [1.54, 1.807) is 31.4 Å². The van der Waals surface area contributed by atoms with Gasteiger partial charge in [0, 0.05) is 19.2 Å². The van der Waals surface area contributed by atoms with Crippen LogP contribution in [0.1, 0.15) is 10.5 Å². The molecule has 0 saturated carbocycles. The fraction of sp³-hybridized carbons (Fsp3) is 0.158. The smallest absolute Gasteiger partial charge is 0.270 e. The number of rotatable bonds is 6. The highest BCUT2D eigenvalue weighted by Gasteiger charge is 2.18. The molecule has 0 radical (unpaired) electrons. The van der Waals surface area contributed by atoms with Crippen molar-refractivity contribution in [1.82, 2.24) is 15.1 Å². The summed E-state index contributed by atoms with van der Waals surface area (Å²) in [4.78, 5) is 12.6. The summed E-state index contributed by atoms with van der Waals surface area (Å²) in [6.07, 6.45) is 0. The summed E-state index contributed by atoms with van der Waals surface area (Å²) < 4.78 is 19.7. The molecule has 1 N–H and O–H groups in total. The Morgan fingerprint density at radius 2 is 1.96 bits per heavy atom. The van der Waals surface area contributed by atoms with Crippen LogP contribution in [-0.2, 0) is 4.74 Å². The fourth-order valence-electron chi connectivity index (χ4n) is 2.48. The molecule has 0 fully saturated rings. The number of aromatic nitrogens is 2. The number of ether oxygens (including phenoxy) is 1. The largest absolute Gasteiger partial charge is 0.383 e. The van der Waals surface area contributed by atoms with Gasteiger partial charge in [0.15, 0.2) is 0 Å². The Labute approximate surface area is 155 Å². The van der Waals surface area contributed by atoms with Gasteiger partial charge in [0.2, 0.25) is 0 Å². The molecule has 0 aliphatic carbocycles. The second-order valence-corrected chi connectivity index (χ2v) is 5.94. The van der Waals surface area contributed by atoms with Crippen molar-refractivity contribution in [2.45, 2.75) is 0 Å². The van der Waals surface area contributed by atoms with E-state index in [-0.39, 0.29) is 11.7 Å². The summed E-state index contributed by atoms with van der Waals surface area (Å²) in [6, 6.07) is 14.7. The zero-order valence-corrected chi connectivity index (χ0v) is 14.8. The molecule has 0 atom stereocenters. The summed E-state index contributed by atoms with van der Waals surface area (Å²) in [6.45, 7) is 0.763. The average Bonchev–Trinajstić information content (AvgIpc) is 3.08. The van der Waals surface area contributed by atoms with Crippen molar-refractivity contribution in [3.05, 3.63) is 71.1 Å². The van der Waals surface area contributed by atoms with E-state index in [0.717, 1.165) is 0 Å². The van der Waals surface area contributed by atoms with Gasteiger partial charge in [-0.25, -0.2) is 9.07 Å². The molecule has 7 heteroatoms. The first-order valence-corrected chi connectivity index (χ1v) is 8.36. The number of halogens is 2. The third-order valence-corrected chi connectivity index (χ3v) is 4.08. The highest BCUT2D eigenvalue weighted by Crippen LogP contribution is 2.28. The molecule has 3 aromatic rings. The van der Waals surface area contributed by atoms with E-state index >= 15 is 0 Å².